The van der Waals surface area contributed by atoms with Crippen LogP contribution in [0.25, 0.3) is 0 Å². The molecule has 1 aliphatic heterocycles. The Labute approximate surface area is 147 Å². The number of sulfonamides is 1. The summed E-state index contributed by atoms with van der Waals surface area (Å²) >= 11 is 0. The second kappa shape index (κ2) is 7.01. The Kier molecular flexibility index (Phi) is 4.96. The molecule has 0 spiro atoms. The molecule has 7 heteroatoms. The number of para-hydroxylation sites is 1. The predicted molar refractivity (Wildman–Crippen MR) is 95.1 cm³/mol. The van der Waals surface area contributed by atoms with Crippen molar-refractivity contribution in [3.63, 3.8) is 0 Å². The molecule has 2 aromatic rings. The first-order chi connectivity index (χ1) is 11.9. The lowest BCUT2D eigenvalue weighted by atomic mass is 10.2. The van der Waals surface area contributed by atoms with E-state index in [1.807, 2.05) is 4.90 Å². The summed E-state index contributed by atoms with van der Waals surface area (Å²) in [5, 5.41) is 0. The van der Waals surface area contributed by atoms with E-state index in [2.05, 4.69) is 0 Å². The number of anilines is 1. The van der Waals surface area contributed by atoms with Gasteiger partial charge in [-0.2, -0.15) is 4.31 Å². The standard InChI is InChI=1S/C18H21FN2O3S/c1-14-13-15(24-2)7-8-18(14)25(22,23)21-11-9-20(10-12-21)17-6-4-3-5-16(17)19/h3-8,13H,9-12H2,1-2H3. The number of benzene rings is 2. The minimum atomic E-state index is -3.58. The van der Waals surface area contributed by atoms with Gasteiger partial charge in [-0.1, -0.05) is 12.1 Å². The zero-order valence-corrected chi connectivity index (χ0v) is 15.1. The van der Waals surface area contributed by atoms with Crippen molar-refractivity contribution in [1.82, 2.24) is 4.31 Å². The Morgan fingerprint density at radius 3 is 2.32 bits per heavy atom. The van der Waals surface area contributed by atoms with Crippen molar-refractivity contribution < 1.29 is 17.5 Å². The molecule has 1 fully saturated rings. The summed E-state index contributed by atoms with van der Waals surface area (Å²) in [6.45, 7) is 3.31. The summed E-state index contributed by atoms with van der Waals surface area (Å²) in [4.78, 5) is 2.16. The summed E-state index contributed by atoms with van der Waals surface area (Å²) in [6, 6.07) is 11.5. The molecule has 0 bridgehead atoms. The Morgan fingerprint density at radius 1 is 1.04 bits per heavy atom. The Bertz CT molecular complexity index is 862. The van der Waals surface area contributed by atoms with Crippen LogP contribution in [0.4, 0.5) is 10.1 Å². The highest BCUT2D eigenvalue weighted by Crippen LogP contribution is 2.26. The summed E-state index contributed by atoms with van der Waals surface area (Å²) < 4.78 is 46.3. The minimum Gasteiger partial charge on any atom is -0.497 e. The van der Waals surface area contributed by atoms with Gasteiger partial charge in [0.2, 0.25) is 10.0 Å². The van der Waals surface area contributed by atoms with Crippen molar-refractivity contribution in [3.05, 3.63) is 53.8 Å². The second-order valence-corrected chi connectivity index (χ2v) is 7.88. The number of ether oxygens (including phenoxy) is 1. The third-order valence-electron chi connectivity index (χ3n) is 4.43. The van der Waals surface area contributed by atoms with E-state index >= 15 is 0 Å². The van der Waals surface area contributed by atoms with Crippen molar-refractivity contribution in [1.29, 1.82) is 0 Å². The molecule has 2 aromatic carbocycles. The van der Waals surface area contributed by atoms with E-state index in [-0.39, 0.29) is 10.7 Å². The molecule has 0 unspecified atom stereocenters. The lowest BCUT2D eigenvalue weighted by Gasteiger charge is -2.35. The van der Waals surface area contributed by atoms with Crippen LogP contribution in [0, 0.1) is 12.7 Å². The summed E-state index contributed by atoms with van der Waals surface area (Å²) in [5.41, 5.74) is 1.16. The van der Waals surface area contributed by atoms with Crippen LogP contribution >= 0.6 is 0 Å². The third kappa shape index (κ3) is 3.48. The van der Waals surface area contributed by atoms with Gasteiger partial charge in [0, 0.05) is 26.2 Å². The fraction of sp³-hybridized carbons (Fsp3) is 0.333. The first-order valence-corrected chi connectivity index (χ1v) is 9.52. The topological polar surface area (TPSA) is 49.9 Å². The number of piperazine rings is 1. The average Bonchev–Trinajstić information content (AvgIpc) is 2.62. The molecule has 0 atom stereocenters. The maximum Gasteiger partial charge on any atom is 0.243 e. The van der Waals surface area contributed by atoms with Crippen molar-refractivity contribution in [2.24, 2.45) is 0 Å². The van der Waals surface area contributed by atoms with E-state index in [0.717, 1.165) is 0 Å². The molecule has 0 aliphatic carbocycles. The zero-order chi connectivity index (χ0) is 18.0. The van der Waals surface area contributed by atoms with Crippen LogP contribution in [0.2, 0.25) is 0 Å². The van der Waals surface area contributed by atoms with Crippen molar-refractivity contribution in [2.75, 3.05) is 38.2 Å². The Hall–Kier alpha value is -2.12. The largest absolute Gasteiger partial charge is 0.497 e. The SMILES string of the molecule is COc1ccc(S(=O)(=O)N2CCN(c3ccccc3F)CC2)c(C)c1. The van der Waals surface area contributed by atoms with E-state index in [0.29, 0.717) is 43.2 Å². The number of aryl methyl sites for hydroxylation is 1. The summed E-state index contributed by atoms with van der Waals surface area (Å²) in [7, 11) is -2.03. The average molecular weight is 364 g/mol. The lowest BCUT2D eigenvalue weighted by Crippen LogP contribution is -2.49. The van der Waals surface area contributed by atoms with E-state index < -0.39 is 10.0 Å². The van der Waals surface area contributed by atoms with Crippen molar-refractivity contribution in [3.8, 4) is 5.75 Å². The number of rotatable bonds is 4. The molecule has 3 rings (SSSR count). The van der Waals surface area contributed by atoms with Gasteiger partial charge in [-0.3, -0.25) is 0 Å². The summed E-state index contributed by atoms with van der Waals surface area (Å²) in [6.07, 6.45) is 0. The molecule has 1 saturated heterocycles. The Morgan fingerprint density at radius 2 is 1.72 bits per heavy atom. The molecule has 0 radical (unpaired) electrons. The zero-order valence-electron chi connectivity index (χ0n) is 14.3. The van der Waals surface area contributed by atoms with Gasteiger partial charge in [-0.05, 0) is 42.8 Å². The van der Waals surface area contributed by atoms with Gasteiger partial charge < -0.3 is 9.64 Å². The van der Waals surface area contributed by atoms with Gasteiger partial charge in [0.25, 0.3) is 0 Å². The van der Waals surface area contributed by atoms with Crippen LogP contribution in [-0.4, -0.2) is 46.0 Å². The smallest absolute Gasteiger partial charge is 0.243 e. The van der Waals surface area contributed by atoms with Gasteiger partial charge in [-0.15, -0.1) is 0 Å². The molecule has 134 valence electrons. The molecule has 0 aromatic heterocycles. The first-order valence-electron chi connectivity index (χ1n) is 8.08. The van der Waals surface area contributed by atoms with Crippen molar-refractivity contribution >= 4 is 15.7 Å². The first kappa shape index (κ1) is 17.7. The maximum atomic E-state index is 13.9. The molecule has 1 heterocycles. The number of hydrogen-bond donors (Lipinski definition) is 0. The normalized spacial score (nSPS) is 16.0. The molecule has 0 amide bonds. The molecule has 1 aliphatic rings. The summed E-state index contributed by atoms with van der Waals surface area (Å²) in [5.74, 6) is 0.339. The molecular formula is C18H21FN2O3S. The second-order valence-electron chi connectivity index (χ2n) is 5.97. The molecule has 25 heavy (non-hydrogen) atoms. The van der Waals surface area contributed by atoms with E-state index in [4.69, 9.17) is 4.74 Å². The number of methoxy groups -OCH3 is 1. The fourth-order valence-electron chi connectivity index (χ4n) is 3.05. The van der Waals surface area contributed by atoms with E-state index in [1.165, 1.54) is 10.4 Å². The number of halogens is 1. The van der Waals surface area contributed by atoms with Crippen LogP contribution in [0.15, 0.2) is 47.4 Å². The molecule has 0 saturated carbocycles. The van der Waals surface area contributed by atoms with Gasteiger partial charge in [0.1, 0.15) is 11.6 Å². The lowest BCUT2D eigenvalue weighted by molar-refractivity contribution is 0.382. The van der Waals surface area contributed by atoms with Crippen LogP contribution in [0.1, 0.15) is 5.56 Å². The molecule has 5 nitrogen and oxygen atoms in total. The molecular weight excluding hydrogens is 343 g/mol. The van der Waals surface area contributed by atoms with Gasteiger partial charge >= 0.3 is 0 Å². The van der Waals surface area contributed by atoms with E-state index in [9.17, 15) is 12.8 Å². The third-order valence-corrected chi connectivity index (χ3v) is 6.49. The van der Waals surface area contributed by atoms with Crippen LogP contribution in [-0.2, 0) is 10.0 Å². The highest BCUT2D eigenvalue weighted by atomic mass is 32.2. The van der Waals surface area contributed by atoms with Crippen LogP contribution in [0.3, 0.4) is 0 Å². The predicted octanol–water partition coefficient (Wildman–Crippen LogP) is 2.65. The highest BCUT2D eigenvalue weighted by molar-refractivity contribution is 7.89. The number of hydrogen-bond acceptors (Lipinski definition) is 4. The van der Waals surface area contributed by atoms with Crippen LogP contribution < -0.4 is 9.64 Å². The van der Waals surface area contributed by atoms with Gasteiger partial charge in [0.15, 0.2) is 0 Å². The van der Waals surface area contributed by atoms with Crippen LogP contribution in [0.5, 0.6) is 5.75 Å². The fourth-order valence-corrected chi connectivity index (χ4v) is 4.68. The number of nitrogens with zero attached hydrogens (tertiary/aromatic N) is 2. The minimum absolute atomic E-state index is 0.285. The highest BCUT2D eigenvalue weighted by Gasteiger charge is 2.30. The van der Waals surface area contributed by atoms with Crippen molar-refractivity contribution in [2.45, 2.75) is 11.8 Å². The van der Waals surface area contributed by atoms with Gasteiger partial charge in [-0.25, -0.2) is 12.8 Å². The maximum absolute atomic E-state index is 13.9. The monoisotopic (exact) mass is 364 g/mol. The van der Waals surface area contributed by atoms with Gasteiger partial charge in [0.05, 0.1) is 17.7 Å². The quantitative estimate of drug-likeness (QED) is 0.837. The van der Waals surface area contributed by atoms with E-state index in [1.54, 1.807) is 50.4 Å². The Balaban J connectivity index is 1.77. The molecule has 0 N–H and O–H groups in total.